The number of thiophene rings is 1. The molecule has 2 aliphatic heterocycles. The predicted molar refractivity (Wildman–Crippen MR) is 100 cm³/mol. The maximum Gasteiger partial charge on any atom is 0.266 e. The van der Waals surface area contributed by atoms with E-state index >= 15 is 0 Å². The summed E-state index contributed by atoms with van der Waals surface area (Å²) in [6, 6.07) is 3.24. The number of nitrogens with zero attached hydrogens (tertiary/aromatic N) is 3. The number of piperazine rings is 1. The van der Waals surface area contributed by atoms with Crippen molar-refractivity contribution in [2.45, 2.75) is 43.9 Å². The van der Waals surface area contributed by atoms with E-state index < -0.39 is 11.8 Å². The molecule has 0 aromatic carbocycles. The number of likely N-dealkylation sites (N-methyl/N-ethyl adjacent to an activating group) is 1. The fraction of sp³-hybridized carbons (Fsp3) is 0.684. The second kappa shape index (κ2) is 7.29. The van der Waals surface area contributed by atoms with Crippen molar-refractivity contribution in [1.82, 2.24) is 14.7 Å². The van der Waals surface area contributed by atoms with Crippen LogP contribution in [0.1, 0.15) is 41.8 Å². The number of carbonyl (C=O) groups excluding carboxylic acids is 2. The number of hydrogen-bond acceptors (Lipinski definition) is 5. The van der Waals surface area contributed by atoms with Crippen molar-refractivity contribution in [3.8, 4) is 0 Å². The van der Waals surface area contributed by atoms with Gasteiger partial charge in [0, 0.05) is 26.2 Å². The molecule has 1 aliphatic carbocycles. The number of hydrogen-bond donors (Lipinski definition) is 0. The van der Waals surface area contributed by atoms with E-state index in [0.717, 1.165) is 51.9 Å². The predicted octanol–water partition coefficient (Wildman–Crippen LogP) is 2.02. The fourth-order valence-electron chi connectivity index (χ4n) is 4.42. The Balaban J connectivity index is 1.60. The van der Waals surface area contributed by atoms with Gasteiger partial charge in [0.05, 0.1) is 11.5 Å². The van der Waals surface area contributed by atoms with Gasteiger partial charge in [-0.15, -0.1) is 11.3 Å². The molecule has 1 atom stereocenters. The van der Waals surface area contributed by atoms with E-state index in [9.17, 15) is 9.59 Å². The highest BCUT2D eigenvalue weighted by molar-refractivity contribution is 7.12. The molecule has 1 aromatic rings. The van der Waals surface area contributed by atoms with Crippen LogP contribution in [0.3, 0.4) is 0 Å². The second-order valence-electron chi connectivity index (χ2n) is 7.61. The van der Waals surface area contributed by atoms with Gasteiger partial charge in [-0.3, -0.25) is 14.5 Å². The Kier molecular flexibility index (Phi) is 5.03. The van der Waals surface area contributed by atoms with Crippen molar-refractivity contribution in [1.29, 1.82) is 0 Å². The van der Waals surface area contributed by atoms with E-state index in [1.165, 1.54) is 17.8 Å². The van der Waals surface area contributed by atoms with Crippen molar-refractivity contribution in [2.24, 2.45) is 0 Å². The smallest absolute Gasteiger partial charge is 0.266 e. The molecule has 1 spiro atoms. The molecule has 3 fully saturated rings. The number of ether oxygens (including phenoxy) is 1. The summed E-state index contributed by atoms with van der Waals surface area (Å²) >= 11 is 1.44. The van der Waals surface area contributed by atoms with E-state index in [4.69, 9.17) is 4.74 Å². The summed E-state index contributed by atoms with van der Waals surface area (Å²) < 4.78 is 6.21. The van der Waals surface area contributed by atoms with E-state index in [0.29, 0.717) is 11.5 Å². The standard InChI is InChI=1S/C19H27N3O3S/c1-20-9-11-21(12-10-20)17(23)15-14-25-19(7-3-2-4-8-19)22(15)18(24)16-6-5-13-26-16/h5-6,13,15H,2-4,7-12,14H2,1H3/t15-/m0/s1. The lowest BCUT2D eigenvalue weighted by Crippen LogP contribution is -2.58. The molecule has 6 nitrogen and oxygen atoms in total. The Morgan fingerprint density at radius 3 is 2.54 bits per heavy atom. The zero-order valence-electron chi connectivity index (χ0n) is 15.4. The summed E-state index contributed by atoms with van der Waals surface area (Å²) in [6.45, 7) is 3.52. The molecule has 3 heterocycles. The molecule has 26 heavy (non-hydrogen) atoms. The molecule has 0 unspecified atom stereocenters. The molecule has 2 saturated heterocycles. The van der Waals surface area contributed by atoms with Crippen LogP contribution in [-0.4, -0.2) is 78.1 Å². The third-order valence-corrected chi connectivity index (χ3v) is 6.80. The highest BCUT2D eigenvalue weighted by atomic mass is 32.1. The zero-order chi connectivity index (χ0) is 18.1. The summed E-state index contributed by atoms with van der Waals surface area (Å²) in [6.07, 6.45) is 4.92. The Morgan fingerprint density at radius 2 is 1.88 bits per heavy atom. The third kappa shape index (κ3) is 3.17. The maximum absolute atomic E-state index is 13.3. The fourth-order valence-corrected chi connectivity index (χ4v) is 5.08. The van der Waals surface area contributed by atoms with Gasteiger partial charge in [0.25, 0.3) is 5.91 Å². The Bertz CT molecular complexity index is 649. The SMILES string of the molecule is CN1CCN(C(=O)[C@@H]2COC3(CCCCC3)N2C(=O)c2cccs2)CC1. The first-order chi connectivity index (χ1) is 12.6. The van der Waals surface area contributed by atoms with Gasteiger partial charge in [-0.2, -0.15) is 0 Å². The normalized spacial score (nSPS) is 26.4. The minimum Gasteiger partial charge on any atom is -0.353 e. The summed E-state index contributed by atoms with van der Waals surface area (Å²) in [5.41, 5.74) is -0.591. The second-order valence-corrected chi connectivity index (χ2v) is 8.56. The van der Waals surface area contributed by atoms with Gasteiger partial charge in [0.15, 0.2) is 0 Å². The van der Waals surface area contributed by atoms with Gasteiger partial charge in [0.2, 0.25) is 5.91 Å². The Labute approximate surface area is 158 Å². The number of rotatable bonds is 2. The van der Waals surface area contributed by atoms with Gasteiger partial charge >= 0.3 is 0 Å². The molecule has 4 rings (SSSR count). The summed E-state index contributed by atoms with van der Waals surface area (Å²) in [5, 5.41) is 1.91. The average molecular weight is 378 g/mol. The first-order valence-electron chi connectivity index (χ1n) is 9.59. The Morgan fingerprint density at radius 1 is 1.15 bits per heavy atom. The van der Waals surface area contributed by atoms with Gasteiger partial charge in [-0.25, -0.2) is 0 Å². The van der Waals surface area contributed by atoms with Crippen molar-refractivity contribution in [3.63, 3.8) is 0 Å². The van der Waals surface area contributed by atoms with Gasteiger partial charge in [-0.1, -0.05) is 12.5 Å². The first kappa shape index (κ1) is 17.9. The largest absolute Gasteiger partial charge is 0.353 e. The highest BCUT2D eigenvalue weighted by Crippen LogP contribution is 2.42. The van der Waals surface area contributed by atoms with Gasteiger partial charge < -0.3 is 14.5 Å². The van der Waals surface area contributed by atoms with Crippen molar-refractivity contribution in [2.75, 3.05) is 39.8 Å². The van der Waals surface area contributed by atoms with Crippen LogP contribution in [0.5, 0.6) is 0 Å². The third-order valence-electron chi connectivity index (χ3n) is 5.95. The average Bonchev–Trinajstić information content (AvgIpc) is 3.31. The minimum atomic E-state index is -0.591. The lowest BCUT2D eigenvalue weighted by molar-refractivity contribution is -0.138. The van der Waals surface area contributed by atoms with Crippen LogP contribution < -0.4 is 0 Å². The van der Waals surface area contributed by atoms with Crippen molar-refractivity contribution >= 4 is 23.2 Å². The topological polar surface area (TPSA) is 53.1 Å². The monoisotopic (exact) mass is 377 g/mol. The van der Waals surface area contributed by atoms with E-state index in [1.54, 1.807) is 4.90 Å². The highest BCUT2D eigenvalue weighted by Gasteiger charge is 2.53. The molecule has 142 valence electrons. The quantitative estimate of drug-likeness (QED) is 0.791. The molecule has 7 heteroatoms. The summed E-state index contributed by atoms with van der Waals surface area (Å²) in [4.78, 5) is 33.2. The van der Waals surface area contributed by atoms with E-state index in [-0.39, 0.29) is 11.8 Å². The van der Waals surface area contributed by atoms with Crippen LogP contribution >= 0.6 is 11.3 Å². The van der Waals surface area contributed by atoms with Gasteiger partial charge in [-0.05, 0) is 44.2 Å². The molecule has 0 bridgehead atoms. The molecule has 0 N–H and O–H groups in total. The van der Waals surface area contributed by atoms with Crippen LogP contribution in [-0.2, 0) is 9.53 Å². The van der Waals surface area contributed by atoms with E-state index in [1.807, 2.05) is 22.4 Å². The van der Waals surface area contributed by atoms with Crippen LogP contribution in [0.2, 0.25) is 0 Å². The van der Waals surface area contributed by atoms with Crippen LogP contribution in [0.4, 0.5) is 0 Å². The zero-order valence-corrected chi connectivity index (χ0v) is 16.2. The van der Waals surface area contributed by atoms with Crippen LogP contribution in [0, 0.1) is 0 Å². The lowest BCUT2D eigenvalue weighted by atomic mass is 9.90. The van der Waals surface area contributed by atoms with Crippen molar-refractivity contribution < 1.29 is 14.3 Å². The molecule has 1 aromatic heterocycles. The lowest BCUT2D eigenvalue weighted by Gasteiger charge is -2.42. The first-order valence-corrected chi connectivity index (χ1v) is 10.5. The molecule has 0 radical (unpaired) electrons. The molecular weight excluding hydrogens is 350 g/mol. The van der Waals surface area contributed by atoms with E-state index in [2.05, 4.69) is 11.9 Å². The Hall–Kier alpha value is -1.44. The number of carbonyl (C=O) groups is 2. The summed E-state index contributed by atoms with van der Waals surface area (Å²) in [5.74, 6) is -0.00247. The summed E-state index contributed by atoms with van der Waals surface area (Å²) in [7, 11) is 2.07. The molecule has 2 amide bonds. The maximum atomic E-state index is 13.3. The van der Waals surface area contributed by atoms with Crippen molar-refractivity contribution in [3.05, 3.63) is 22.4 Å². The molecule has 1 saturated carbocycles. The molecule has 3 aliphatic rings. The van der Waals surface area contributed by atoms with Crippen LogP contribution in [0.25, 0.3) is 0 Å². The number of amides is 2. The van der Waals surface area contributed by atoms with Gasteiger partial charge in [0.1, 0.15) is 11.8 Å². The minimum absolute atomic E-state index is 0.0467. The molecular formula is C19H27N3O3S. The van der Waals surface area contributed by atoms with Crippen LogP contribution in [0.15, 0.2) is 17.5 Å².